The van der Waals surface area contributed by atoms with Crippen LogP contribution in [0.15, 0.2) is 0 Å². The van der Waals surface area contributed by atoms with Gasteiger partial charge in [0.1, 0.15) is 0 Å². The van der Waals surface area contributed by atoms with Crippen LogP contribution in [0.25, 0.3) is 0 Å². The molecule has 1 fully saturated rings. The molecule has 4 heteroatoms. The second-order valence-corrected chi connectivity index (χ2v) is 4.35. The number of hydrogen-bond donors (Lipinski definition) is 0. The number of likely N-dealkylation sites (tertiary alicyclic amines) is 1. The van der Waals surface area contributed by atoms with Crippen LogP contribution in [0, 0.1) is 0 Å². The first-order valence-corrected chi connectivity index (χ1v) is 5.84. The molecule has 0 radical (unpaired) electrons. The highest BCUT2D eigenvalue weighted by Crippen LogP contribution is 2.14. The summed E-state index contributed by atoms with van der Waals surface area (Å²) >= 11 is 1.77. The molecule has 1 rings (SSSR count). The standard InChI is InChI=1S/C9H15NO2S/c1-7(3-4-13-2)10-6-8(11)5-9(10)12/h7H,3-6H2,1-2H3. The quantitative estimate of drug-likeness (QED) is 0.635. The smallest absolute Gasteiger partial charge is 0.230 e. The lowest BCUT2D eigenvalue weighted by Crippen LogP contribution is -2.34. The molecule has 1 unspecified atom stereocenters. The molecule has 0 spiro atoms. The number of carbonyl (C=O) groups is 2. The number of hydrogen-bond acceptors (Lipinski definition) is 3. The van der Waals surface area contributed by atoms with Gasteiger partial charge in [0.15, 0.2) is 5.78 Å². The number of thioether (sulfide) groups is 1. The zero-order chi connectivity index (χ0) is 9.84. The highest BCUT2D eigenvalue weighted by atomic mass is 32.2. The van der Waals surface area contributed by atoms with E-state index in [1.807, 2.05) is 13.2 Å². The summed E-state index contributed by atoms with van der Waals surface area (Å²) in [6, 6.07) is 0.214. The first kappa shape index (κ1) is 10.6. The predicted octanol–water partition coefficient (Wildman–Crippen LogP) is 0.929. The molecule has 3 nitrogen and oxygen atoms in total. The molecule has 0 N–H and O–H groups in total. The van der Waals surface area contributed by atoms with E-state index >= 15 is 0 Å². The Balaban J connectivity index is 2.42. The number of Topliss-reactive ketones (excluding diaryl/α,β-unsaturated/α-hetero) is 1. The van der Waals surface area contributed by atoms with E-state index in [1.54, 1.807) is 16.7 Å². The lowest BCUT2D eigenvalue weighted by molar-refractivity contribution is -0.129. The summed E-state index contributed by atoms with van der Waals surface area (Å²) in [5.74, 6) is 1.10. The molecule has 0 saturated carbocycles. The minimum absolute atomic E-state index is 0.00129. The minimum Gasteiger partial charge on any atom is -0.332 e. The van der Waals surface area contributed by atoms with Gasteiger partial charge in [-0.2, -0.15) is 11.8 Å². The summed E-state index contributed by atoms with van der Waals surface area (Å²) < 4.78 is 0. The zero-order valence-electron chi connectivity index (χ0n) is 8.08. The summed E-state index contributed by atoms with van der Waals surface area (Å²) in [4.78, 5) is 24.0. The van der Waals surface area contributed by atoms with Crippen LogP contribution in [0.1, 0.15) is 19.8 Å². The van der Waals surface area contributed by atoms with Crippen molar-refractivity contribution in [2.75, 3.05) is 18.6 Å². The Bertz CT molecular complexity index is 218. The molecule has 13 heavy (non-hydrogen) atoms. The maximum absolute atomic E-state index is 11.3. The molecule has 1 amide bonds. The van der Waals surface area contributed by atoms with E-state index in [-0.39, 0.29) is 24.2 Å². The van der Waals surface area contributed by atoms with Crippen LogP contribution >= 0.6 is 11.8 Å². The average molecular weight is 201 g/mol. The van der Waals surface area contributed by atoms with E-state index in [0.29, 0.717) is 6.54 Å². The third-order valence-corrected chi connectivity index (χ3v) is 2.93. The summed E-state index contributed by atoms with van der Waals surface area (Å²) in [6.45, 7) is 2.33. The predicted molar refractivity (Wildman–Crippen MR) is 53.8 cm³/mol. The van der Waals surface area contributed by atoms with Crippen molar-refractivity contribution in [2.24, 2.45) is 0 Å². The van der Waals surface area contributed by atoms with Gasteiger partial charge in [-0.05, 0) is 25.4 Å². The normalized spacial score (nSPS) is 19.7. The molecule has 0 aromatic heterocycles. The molecule has 0 aliphatic carbocycles. The van der Waals surface area contributed by atoms with Gasteiger partial charge in [0.2, 0.25) is 5.91 Å². The number of nitrogens with zero attached hydrogens (tertiary/aromatic N) is 1. The van der Waals surface area contributed by atoms with Gasteiger partial charge in [0.25, 0.3) is 0 Å². The van der Waals surface area contributed by atoms with Crippen molar-refractivity contribution in [3.05, 3.63) is 0 Å². The first-order valence-electron chi connectivity index (χ1n) is 4.45. The van der Waals surface area contributed by atoms with E-state index in [4.69, 9.17) is 0 Å². The van der Waals surface area contributed by atoms with E-state index in [2.05, 4.69) is 0 Å². The van der Waals surface area contributed by atoms with Gasteiger partial charge in [-0.25, -0.2) is 0 Å². The highest BCUT2D eigenvalue weighted by molar-refractivity contribution is 7.98. The summed E-state index contributed by atoms with van der Waals surface area (Å²) in [7, 11) is 0. The summed E-state index contributed by atoms with van der Waals surface area (Å²) in [5.41, 5.74) is 0. The van der Waals surface area contributed by atoms with E-state index in [1.165, 1.54) is 0 Å². The van der Waals surface area contributed by atoms with E-state index in [9.17, 15) is 9.59 Å². The van der Waals surface area contributed by atoms with Crippen molar-refractivity contribution in [1.29, 1.82) is 0 Å². The summed E-state index contributed by atoms with van der Waals surface area (Å²) in [5, 5.41) is 0. The largest absolute Gasteiger partial charge is 0.332 e. The fraction of sp³-hybridized carbons (Fsp3) is 0.778. The summed E-state index contributed by atoms with van der Waals surface area (Å²) in [6.07, 6.45) is 3.13. The molecule has 1 heterocycles. The SMILES string of the molecule is CSCCC(C)N1CC(=O)CC1=O. The second kappa shape index (κ2) is 4.65. The first-order chi connectivity index (χ1) is 6.15. The molecule has 0 bridgehead atoms. The average Bonchev–Trinajstić information content (AvgIpc) is 2.41. The molecule has 0 aromatic rings. The van der Waals surface area contributed by atoms with Gasteiger partial charge in [-0.1, -0.05) is 0 Å². The van der Waals surface area contributed by atoms with Gasteiger partial charge in [-0.3, -0.25) is 9.59 Å². The number of rotatable bonds is 4. The van der Waals surface area contributed by atoms with Crippen molar-refractivity contribution in [1.82, 2.24) is 4.90 Å². The maximum Gasteiger partial charge on any atom is 0.230 e. The zero-order valence-corrected chi connectivity index (χ0v) is 8.89. The Morgan fingerprint density at radius 2 is 2.23 bits per heavy atom. The van der Waals surface area contributed by atoms with Crippen molar-refractivity contribution in [3.8, 4) is 0 Å². The van der Waals surface area contributed by atoms with Crippen LogP contribution in [0.4, 0.5) is 0 Å². The van der Waals surface area contributed by atoms with Crippen molar-refractivity contribution < 1.29 is 9.59 Å². The van der Waals surface area contributed by atoms with Crippen LogP contribution in [0.3, 0.4) is 0 Å². The van der Waals surface area contributed by atoms with Crippen molar-refractivity contribution in [3.63, 3.8) is 0 Å². The van der Waals surface area contributed by atoms with E-state index < -0.39 is 0 Å². The van der Waals surface area contributed by atoms with Gasteiger partial charge in [0, 0.05) is 6.04 Å². The van der Waals surface area contributed by atoms with Gasteiger partial charge in [0.05, 0.1) is 13.0 Å². The van der Waals surface area contributed by atoms with Crippen LogP contribution < -0.4 is 0 Å². The Morgan fingerprint density at radius 1 is 1.54 bits per heavy atom. The number of ketones is 1. The van der Waals surface area contributed by atoms with Gasteiger partial charge >= 0.3 is 0 Å². The number of carbonyl (C=O) groups excluding carboxylic acids is 2. The van der Waals surface area contributed by atoms with E-state index in [0.717, 1.165) is 12.2 Å². The Kier molecular flexibility index (Phi) is 3.78. The third kappa shape index (κ3) is 2.72. The van der Waals surface area contributed by atoms with Crippen LogP contribution in [0.5, 0.6) is 0 Å². The van der Waals surface area contributed by atoms with Gasteiger partial charge in [-0.15, -0.1) is 0 Å². The van der Waals surface area contributed by atoms with Crippen LogP contribution in [-0.2, 0) is 9.59 Å². The molecule has 74 valence electrons. The third-order valence-electron chi connectivity index (χ3n) is 2.29. The molecule has 1 aliphatic rings. The monoisotopic (exact) mass is 201 g/mol. The van der Waals surface area contributed by atoms with Crippen molar-refractivity contribution in [2.45, 2.75) is 25.8 Å². The Morgan fingerprint density at radius 3 is 2.69 bits per heavy atom. The molecule has 1 aliphatic heterocycles. The van der Waals surface area contributed by atoms with Crippen molar-refractivity contribution >= 4 is 23.5 Å². The van der Waals surface area contributed by atoms with Gasteiger partial charge < -0.3 is 4.90 Å². The van der Waals surface area contributed by atoms with Crippen LogP contribution in [0.2, 0.25) is 0 Å². The Hall–Kier alpha value is -0.510. The topological polar surface area (TPSA) is 37.4 Å². The maximum atomic E-state index is 11.3. The molecule has 1 atom stereocenters. The second-order valence-electron chi connectivity index (χ2n) is 3.37. The Labute approximate surface area is 82.9 Å². The lowest BCUT2D eigenvalue weighted by Gasteiger charge is -2.22. The highest BCUT2D eigenvalue weighted by Gasteiger charge is 2.30. The minimum atomic E-state index is -0.00129. The van der Waals surface area contributed by atoms with Crippen LogP contribution in [-0.4, -0.2) is 41.2 Å². The fourth-order valence-electron chi connectivity index (χ4n) is 1.45. The molecular weight excluding hydrogens is 186 g/mol. The lowest BCUT2D eigenvalue weighted by atomic mass is 10.2. The molecular formula is C9H15NO2S. The fourth-order valence-corrected chi connectivity index (χ4v) is 2.03. The number of amides is 1. The molecule has 0 aromatic carbocycles. The molecule has 1 saturated heterocycles.